The normalized spacial score (nSPS) is 20.5. The van der Waals surface area contributed by atoms with Crippen molar-refractivity contribution in [1.82, 2.24) is 0 Å². The number of halogens is 1. The molecule has 1 saturated heterocycles. The van der Waals surface area contributed by atoms with Crippen LogP contribution in [0.4, 0.5) is 5.00 Å². The number of rotatable bonds is 1. The van der Waals surface area contributed by atoms with Crippen LogP contribution in [-0.2, 0) is 11.2 Å². The molecule has 0 bridgehead atoms. The van der Waals surface area contributed by atoms with Gasteiger partial charge in [0.1, 0.15) is 5.00 Å². The Kier molecular flexibility index (Phi) is 3.40. The van der Waals surface area contributed by atoms with Crippen molar-refractivity contribution >= 4 is 44.7 Å². The maximum atomic E-state index is 11.9. The molecule has 0 atom stereocenters. The Hall–Kier alpha value is -0.140. The van der Waals surface area contributed by atoms with E-state index in [1.54, 1.807) is 11.3 Å². The minimum Gasteiger partial charge on any atom is -0.378 e. The molecule has 2 aliphatic rings. The number of carbonyl (C=O) groups excluding carboxylic acids is 1. The molecule has 0 saturated carbocycles. The third-order valence-corrected chi connectivity index (χ3v) is 6.17. The minimum atomic E-state index is 0.341. The van der Waals surface area contributed by atoms with Gasteiger partial charge in [-0.25, -0.2) is 0 Å². The third-order valence-electron chi connectivity index (χ3n) is 3.31. The number of nitrogens with zero attached hydrogens (tertiary/aromatic N) is 1. The average Bonchev–Trinajstić information content (AvgIpc) is 2.70. The van der Waals surface area contributed by atoms with Gasteiger partial charge in [0.15, 0.2) is 5.78 Å². The van der Waals surface area contributed by atoms with Crippen molar-refractivity contribution in [1.29, 1.82) is 0 Å². The van der Waals surface area contributed by atoms with Crippen LogP contribution >= 0.6 is 33.9 Å². The molecule has 2 heterocycles. The Balaban J connectivity index is 1.97. The van der Waals surface area contributed by atoms with E-state index in [-0.39, 0.29) is 0 Å². The predicted octanol–water partition coefficient (Wildman–Crippen LogP) is 2.71. The number of morpholine rings is 1. The van der Waals surface area contributed by atoms with Crippen LogP contribution in [0.1, 0.15) is 28.1 Å². The summed E-state index contributed by atoms with van der Waals surface area (Å²) in [6, 6.07) is 0. The van der Waals surface area contributed by atoms with Crippen LogP contribution in [0, 0.1) is 3.57 Å². The lowest BCUT2D eigenvalue weighted by Crippen LogP contribution is -2.36. The van der Waals surface area contributed by atoms with Crippen molar-refractivity contribution in [2.45, 2.75) is 19.3 Å². The summed E-state index contributed by atoms with van der Waals surface area (Å²) >= 11 is 4.10. The van der Waals surface area contributed by atoms with Crippen molar-refractivity contribution < 1.29 is 9.53 Å². The third kappa shape index (κ3) is 2.13. The Labute approximate surface area is 118 Å². The first-order valence-electron chi connectivity index (χ1n) is 5.94. The summed E-state index contributed by atoms with van der Waals surface area (Å²) in [7, 11) is 0. The lowest BCUT2D eigenvalue weighted by Gasteiger charge is -2.27. The van der Waals surface area contributed by atoms with Crippen molar-refractivity contribution in [3.63, 3.8) is 0 Å². The van der Waals surface area contributed by atoms with Crippen molar-refractivity contribution in [2.75, 3.05) is 31.2 Å². The van der Waals surface area contributed by atoms with E-state index in [0.717, 1.165) is 50.4 Å². The van der Waals surface area contributed by atoms with Crippen LogP contribution in [0.15, 0.2) is 0 Å². The highest BCUT2D eigenvalue weighted by atomic mass is 127. The molecular weight excluding hydrogens is 349 g/mol. The van der Waals surface area contributed by atoms with Gasteiger partial charge >= 0.3 is 0 Å². The molecule has 1 aliphatic heterocycles. The van der Waals surface area contributed by atoms with Crippen molar-refractivity contribution in [3.8, 4) is 0 Å². The van der Waals surface area contributed by atoms with Gasteiger partial charge in [0.05, 0.1) is 21.7 Å². The van der Waals surface area contributed by atoms with E-state index in [1.807, 2.05) is 0 Å². The summed E-state index contributed by atoms with van der Waals surface area (Å²) in [6.45, 7) is 3.49. The summed E-state index contributed by atoms with van der Waals surface area (Å²) in [5.74, 6) is 0.341. The summed E-state index contributed by atoms with van der Waals surface area (Å²) in [5.41, 5.74) is 1.30. The lowest BCUT2D eigenvalue weighted by atomic mass is 9.98. The number of hydrogen-bond acceptors (Lipinski definition) is 4. The lowest BCUT2D eigenvalue weighted by molar-refractivity contribution is 0.0977. The zero-order valence-electron chi connectivity index (χ0n) is 9.50. The van der Waals surface area contributed by atoms with Crippen molar-refractivity contribution in [2.24, 2.45) is 0 Å². The Morgan fingerprint density at radius 1 is 1.24 bits per heavy atom. The molecule has 3 rings (SSSR count). The highest BCUT2D eigenvalue weighted by molar-refractivity contribution is 14.1. The van der Waals surface area contributed by atoms with Gasteiger partial charge in [-0.2, -0.15) is 0 Å². The quantitative estimate of drug-likeness (QED) is 0.719. The number of thiophene rings is 1. The number of ketones is 1. The van der Waals surface area contributed by atoms with Gasteiger partial charge in [-0.15, -0.1) is 11.3 Å². The summed E-state index contributed by atoms with van der Waals surface area (Å²) in [5, 5.41) is 1.29. The van der Waals surface area contributed by atoms with Crippen molar-refractivity contribution in [3.05, 3.63) is 14.0 Å². The highest BCUT2D eigenvalue weighted by Crippen LogP contribution is 2.40. The standard InChI is InChI=1S/C12H14INO2S/c13-10-8-2-1-3-9(15)11(8)17-12(10)14-4-6-16-7-5-14/h1-7H2. The van der Waals surface area contributed by atoms with Crippen LogP contribution in [0.3, 0.4) is 0 Å². The summed E-state index contributed by atoms with van der Waals surface area (Å²) in [6.07, 6.45) is 2.81. The Morgan fingerprint density at radius 3 is 2.71 bits per heavy atom. The fraction of sp³-hybridized carbons (Fsp3) is 0.583. The molecule has 0 radical (unpaired) electrons. The number of carbonyl (C=O) groups is 1. The van der Waals surface area contributed by atoms with Crippen LogP contribution < -0.4 is 4.90 Å². The molecule has 0 unspecified atom stereocenters. The number of anilines is 1. The van der Waals surface area contributed by atoms with Gasteiger partial charge in [-0.05, 0) is 41.0 Å². The second kappa shape index (κ2) is 4.85. The molecule has 5 heteroatoms. The summed E-state index contributed by atoms with van der Waals surface area (Å²) < 4.78 is 6.68. The molecule has 0 amide bonds. The van der Waals surface area contributed by atoms with E-state index >= 15 is 0 Å². The van der Waals surface area contributed by atoms with E-state index in [0.29, 0.717) is 5.78 Å². The number of Topliss-reactive ketones (excluding diaryl/α,β-unsaturated/α-hetero) is 1. The van der Waals surface area contributed by atoms with Gasteiger partial charge in [0, 0.05) is 19.5 Å². The van der Waals surface area contributed by atoms with E-state index in [1.165, 1.54) is 14.1 Å². The predicted molar refractivity (Wildman–Crippen MR) is 77.3 cm³/mol. The summed E-state index contributed by atoms with van der Waals surface area (Å²) in [4.78, 5) is 15.3. The van der Waals surface area contributed by atoms with Gasteiger partial charge in [-0.3, -0.25) is 4.79 Å². The fourth-order valence-corrected chi connectivity index (χ4v) is 5.04. The zero-order valence-corrected chi connectivity index (χ0v) is 12.5. The van der Waals surface area contributed by atoms with E-state index in [4.69, 9.17) is 4.74 Å². The maximum absolute atomic E-state index is 11.9. The molecule has 1 aromatic rings. The molecule has 0 spiro atoms. The number of ether oxygens (including phenoxy) is 1. The molecule has 1 aromatic heterocycles. The first-order valence-corrected chi connectivity index (χ1v) is 7.84. The molecule has 3 nitrogen and oxygen atoms in total. The molecule has 17 heavy (non-hydrogen) atoms. The van der Waals surface area contributed by atoms with Gasteiger partial charge in [0.25, 0.3) is 0 Å². The first-order chi connectivity index (χ1) is 8.27. The monoisotopic (exact) mass is 363 g/mol. The minimum absolute atomic E-state index is 0.341. The Bertz CT molecular complexity index is 452. The molecule has 0 N–H and O–H groups in total. The number of fused-ring (bicyclic) bond motifs is 1. The van der Waals surface area contributed by atoms with E-state index in [9.17, 15) is 4.79 Å². The van der Waals surface area contributed by atoms with Crippen LogP contribution in [0.5, 0.6) is 0 Å². The second-order valence-electron chi connectivity index (χ2n) is 4.41. The van der Waals surface area contributed by atoms with Gasteiger partial charge in [-0.1, -0.05) is 0 Å². The smallest absolute Gasteiger partial charge is 0.173 e. The SMILES string of the molecule is O=C1CCCc2c1sc(N1CCOCC1)c2I. The first kappa shape index (κ1) is 11.9. The average molecular weight is 363 g/mol. The van der Waals surface area contributed by atoms with Gasteiger partial charge < -0.3 is 9.64 Å². The molecule has 0 aromatic carbocycles. The van der Waals surface area contributed by atoms with Gasteiger partial charge in [0.2, 0.25) is 0 Å². The molecular formula is C12H14INO2S. The molecule has 1 aliphatic carbocycles. The van der Waals surface area contributed by atoms with Crippen LogP contribution in [-0.4, -0.2) is 32.1 Å². The number of hydrogen-bond donors (Lipinski definition) is 0. The van der Waals surface area contributed by atoms with Crippen LogP contribution in [0.25, 0.3) is 0 Å². The molecule has 1 fully saturated rings. The maximum Gasteiger partial charge on any atom is 0.173 e. The fourth-order valence-electron chi connectivity index (χ4n) is 2.39. The largest absolute Gasteiger partial charge is 0.378 e. The molecule has 92 valence electrons. The van der Waals surface area contributed by atoms with E-state index < -0.39 is 0 Å². The highest BCUT2D eigenvalue weighted by Gasteiger charge is 2.27. The second-order valence-corrected chi connectivity index (χ2v) is 6.48. The Morgan fingerprint density at radius 2 is 2.00 bits per heavy atom. The topological polar surface area (TPSA) is 29.5 Å². The zero-order chi connectivity index (χ0) is 11.8. The van der Waals surface area contributed by atoms with Crippen LogP contribution in [0.2, 0.25) is 0 Å². The van der Waals surface area contributed by atoms with E-state index in [2.05, 4.69) is 27.5 Å².